The van der Waals surface area contributed by atoms with E-state index in [4.69, 9.17) is 10.5 Å². The lowest BCUT2D eigenvalue weighted by molar-refractivity contribution is 0.0604. The van der Waals surface area contributed by atoms with Crippen LogP contribution >= 0.6 is 0 Å². The average molecular weight is 288 g/mol. The zero-order valence-corrected chi connectivity index (χ0v) is 12.1. The fraction of sp³-hybridized carbons (Fsp3) is 1.00. The zero-order chi connectivity index (χ0) is 13.5. The quantitative estimate of drug-likeness (QED) is 0.826. The Balaban J connectivity index is 1.64. The van der Waals surface area contributed by atoms with Gasteiger partial charge in [-0.1, -0.05) is 0 Å². The Kier molecular flexibility index (Phi) is 3.86. The average Bonchev–Trinajstić information content (AvgIpc) is 3.00. The lowest BCUT2D eigenvalue weighted by atomic mass is 9.94. The van der Waals surface area contributed by atoms with Crippen LogP contribution < -0.4 is 5.73 Å². The van der Waals surface area contributed by atoms with Crippen molar-refractivity contribution >= 4 is 10.0 Å². The van der Waals surface area contributed by atoms with Crippen molar-refractivity contribution in [3.05, 3.63) is 0 Å². The number of rotatable bonds is 4. The number of ether oxygens (including phenoxy) is 1. The van der Waals surface area contributed by atoms with E-state index in [9.17, 15) is 8.42 Å². The van der Waals surface area contributed by atoms with Gasteiger partial charge < -0.3 is 10.5 Å². The summed E-state index contributed by atoms with van der Waals surface area (Å²) >= 11 is 0. The molecule has 0 aromatic heterocycles. The van der Waals surface area contributed by atoms with Crippen LogP contribution in [0.2, 0.25) is 0 Å². The number of nitrogens with zero attached hydrogens (tertiary/aromatic N) is 1. The highest BCUT2D eigenvalue weighted by atomic mass is 32.2. The predicted octanol–water partition coefficient (Wildman–Crippen LogP) is 0.697. The molecule has 1 unspecified atom stereocenters. The molecule has 3 aliphatic rings. The van der Waals surface area contributed by atoms with Gasteiger partial charge >= 0.3 is 0 Å². The van der Waals surface area contributed by atoms with Crippen LogP contribution in [0.25, 0.3) is 0 Å². The van der Waals surface area contributed by atoms with Crippen molar-refractivity contribution in [1.29, 1.82) is 0 Å². The Morgan fingerprint density at radius 3 is 2.11 bits per heavy atom. The van der Waals surface area contributed by atoms with Crippen molar-refractivity contribution in [2.45, 2.75) is 56.7 Å². The van der Waals surface area contributed by atoms with Gasteiger partial charge in [0, 0.05) is 31.3 Å². The third-order valence-electron chi connectivity index (χ3n) is 4.98. The smallest absolute Gasteiger partial charge is 0.216 e. The summed E-state index contributed by atoms with van der Waals surface area (Å²) in [6, 6.07) is 0.280. The molecule has 0 spiro atoms. The molecule has 0 radical (unpaired) electrons. The Hall–Kier alpha value is -0.170. The molecule has 0 saturated carbocycles. The molecule has 0 aliphatic carbocycles. The van der Waals surface area contributed by atoms with Crippen molar-refractivity contribution in [2.75, 3.05) is 19.0 Å². The molecule has 2 bridgehead atoms. The molecule has 3 rings (SSSR count). The van der Waals surface area contributed by atoms with E-state index in [0.29, 0.717) is 19.1 Å². The Labute approximate surface area is 115 Å². The molecule has 3 fully saturated rings. The molecular formula is C13H24N2O3S. The summed E-state index contributed by atoms with van der Waals surface area (Å²) in [4.78, 5) is 0. The fourth-order valence-electron chi connectivity index (χ4n) is 3.93. The largest absolute Gasteiger partial charge is 0.381 e. The van der Waals surface area contributed by atoms with E-state index in [0.717, 1.165) is 38.5 Å². The molecule has 2 N–H and O–H groups in total. The van der Waals surface area contributed by atoms with Gasteiger partial charge in [0.2, 0.25) is 10.0 Å². The van der Waals surface area contributed by atoms with Gasteiger partial charge in [-0.3, -0.25) is 0 Å². The van der Waals surface area contributed by atoms with Crippen LogP contribution in [0.4, 0.5) is 0 Å². The summed E-state index contributed by atoms with van der Waals surface area (Å²) in [5, 5.41) is 0. The Morgan fingerprint density at radius 1 is 1.05 bits per heavy atom. The second-order valence-corrected chi connectivity index (χ2v) is 8.10. The van der Waals surface area contributed by atoms with Gasteiger partial charge in [0.1, 0.15) is 0 Å². The van der Waals surface area contributed by atoms with Gasteiger partial charge in [-0.05, 0) is 44.4 Å². The van der Waals surface area contributed by atoms with Crippen molar-refractivity contribution in [1.82, 2.24) is 4.31 Å². The first-order chi connectivity index (χ1) is 9.08. The van der Waals surface area contributed by atoms with Gasteiger partial charge in [-0.15, -0.1) is 0 Å². The molecule has 0 aromatic rings. The number of nitrogens with two attached hydrogens (primary N) is 1. The minimum Gasteiger partial charge on any atom is -0.381 e. The molecule has 3 heterocycles. The maximum absolute atomic E-state index is 12.6. The first-order valence-corrected chi connectivity index (χ1v) is 9.03. The molecule has 3 aliphatic heterocycles. The van der Waals surface area contributed by atoms with Crippen molar-refractivity contribution in [2.24, 2.45) is 11.7 Å². The fourth-order valence-corrected chi connectivity index (χ4v) is 6.19. The monoisotopic (exact) mass is 288 g/mol. The Bertz CT molecular complexity index is 400. The third kappa shape index (κ3) is 2.68. The molecule has 1 atom stereocenters. The van der Waals surface area contributed by atoms with E-state index in [2.05, 4.69) is 0 Å². The second-order valence-electron chi connectivity index (χ2n) is 6.18. The number of sulfonamides is 1. The van der Waals surface area contributed by atoms with Crippen LogP contribution in [-0.2, 0) is 14.8 Å². The summed E-state index contributed by atoms with van der Waals surface area (Å²) in [5.74, 6) is 0.411. The van der Waals surface area contributed by atoms with Gasteiger partial charge in [0.15, 0.2) is 0 Å². The summed E-state index contributed by atoms with van der Waals surface area (Å²) in [7, 11) is -3.18. The molecule has 19 heavy (non-hydrogen) atoms. The van der Waals surface area contributed by atoms with Crippen LogP contribution in [0.3, 0.4) is 0 Å². The highest BCUT2D eigenvalue weighted by Gasteiger charge is 2.46. The molecule has 5 nitrogen and oxygen atoms in total. The maximum atomic E-state index is 12.6. The van der Waals surface area contributed by atoms with Crippen LogP contribution in [-0.4, -0.2) is 49.8 Å². The molecular weight excluding hydrogens is 264 g/mol. The summed E-state index contributed by atoms with van der Waals surface area (Å²) in [5.41, 5.74) is 6.15. The SMILES string of the molecule is NC(CS(=O)(=O)N1C2CCC1CC2)C1CCOCC1. The predicted molar refractivity (Wildman–Crippen MR) is 73.2 cm³/mol. The van der Waals surface area contributed by atoms with Crippen molar-refractivity contribution < 1.29 is 13.2 Å². The van der Waals surface area contributed by atoms with Gasteiger partial charge in [0.25, 0.3) is 0 Å². The van der Waals surface area contributed by atoms with Crippen LogP contribution in [0.15, 0.2) is 0 Å². The van der Waals surface area contributed by atoms with Gasteiger partial charge in [0.05, 0.1) is 5.75 Å². The summed E-state index contributed by atoms with van der Waals surface area (Å²) in [6.07, 6.45) is 5.94. The minimum absolute atomic E-state index is 0.116. The molecule has 0 amide bonds. The number of hydrogen-bond acceptors (Lipinski definition) is 4. The lowest BCUT2D eigenvalue weighted by Crippen LogP contribution is -2.45. The highest BCUT2D eigenvalue weighted by Crippen LogP contribution is 2.39. The Morgan fingerprint density at radius 2 is 1.58 bits per heavy atom. The maximum Gasteiger partial charge on any atom is 0.216 e. The van der Waals surface area contributed by atoms with Crippen LogP contribution in [0.1, 0.15) is 38.5 Å². The third-order valence-corrected chi connectivity index (χ3v) is 7.03. The van der Waals surface area contributed by atoms with Crippen molar-refractivity contribution in [3.63, 3.8) is 0 Å². The first kappa shape index (κ1) is 13.8. The normalized spacial score (nSPS) is 34.8. The second kappa shape index (κ2) is 5.31. The summed E-state index contributed by atoms with van der Waals surface area (Å²) < 4.78 is 32.2. The van der Waals surface area contributed by atoms with E-state index in [1.165, 1.54) is 0 Å². The van der Waals surface area contributed by atoms with E-state index in [1.807, 2.05) is 0 Å². The minimum atomic E-state index is -3.18. The molecule has 6 heteroatoms. The highest BCUT2D eigenvalue weighted by molar-refractivity contribution is 7.89. The van der Waals surface area contributed by atoms with Crippen LogP contribution in [0.5, 0.6) is 0 Å². The number of hydrogen-bond donors (Lipinski definition) is 1. The van der Waals surface area contributed by atoms with Crippen LogP contribution in [0, 0.1) is 5.92 Å². The van der Waals surface area contributed by atoms with E-state index in [-0.39, 0.29) is 23.9 Å². The lowest BCUT2D eigenvalue weighted by Gasteiger charge is -2.30. The van der Waals surface area contributed by atoms with Gasteiger partial charge in [-0.2, -0.15) is 4.31 Å². The summed E-state index contributed by atoms with van der Waals surface area (Å²) in [6.45, 7) is 1.43. The molecule has 3 saturated heterocycles. The zero-order valence-electron chi connectivity index (χ0n) is 11.3. The standard InChI is InChI=1S/C13H24N2O3S/c14-13(10-5-7-18-8-6-10)9-19(16,17)15-11-1-2-12(15)4-3-11/h10-13H,1-9,14H2. The molecule has 0 aromatic carbocycles. The number of fused-ring (bicyclic) bond motifs is 2. The van der Waals surface area contributed by atoms with E-state index in [1.54, 1.807) is 4.31 Å². The topological polar surface area (TPSA) is 72.6 Å². The molecule has 110 valence electrons. The first-order valence-electron chi connectivity index (χ1n) is 7.42. The van der Waals surface area contributed by atoms with E-state index < -0.39 is 10.0 Å². The van der Waals surface area contributed by atoms with Gasteiger partial charge in [-0.25, -0.2) is 8.42 Å². The van der Waals surface area contributed by atoms with E-state index >= 15 is 0 Å². The van der Waals surface area contributed by atoms with Crippen molar-refractivity contribution in [3.8, 4) is 0 Å².